The van der Waals surface area contributed by atoms with E-state index in [-0.39, 0.29) is 12.5 Å². The smallest absolute Gasteiger partial charge is 0.339 e. The number of esters is 1. The second-order valence-corrected chi connectivity index (χ2v) is 5.95. The van der Waals surface area contributed by atoms with Crippen molar-refractivity contribution in [2.75, 3.05) is 7.11 Å². The van der Waals surface area contributed by atoms with E-state index in [1.165, 1.54) is 7.11 Å². The summed E-state index contributed by atoms with van der Waals surface area (Å²) >= 11 is 0. The molecule has 8 heteroatoms. The van der Waals surface area contributed by atoms with Gasteiger partial charge in [-0.1, -0.05) is 19.4 Å². The average molecular weight is 355 g/mol. The number of nitrogens with one attached hydrogen (secondary N) is 2. The average Bonchev–Trinajstić information content (AvgIpc) is 3.20. The van der Waals surface area contributed by atoms with E-state index in [0.29, 0.717) is 40.4 Å². The molecule has 2 N–H and O–H groups in total. The molecule has 0 spiro atoms. The number of fused-ring (bicyclic) bond motifs is 1. The first-order valence-electron chi connectivity index (χ1n) is 8.43. The Morgan fingerprint density at radius 1 is 1.31 bits per heavy atom. The van der Waals surface area contributed by atoms with Gasteiger partial charge in [-0.05, 0) is 31.0 Å². The zero-order chi connectivity index (χ0) is 18.7. The van der Waals surface area contributed by atoms with Crippen LogP contribution >= 0.6 is 0 Å². The SMILES string of the molecule is CCCc1c(C(=O)NCc2nnc3ccccn23)[nH]c(C)c1C(=O)OC. The molecule has 0 aromatic carbocycles. The van der Waals surface area contributed by atoms with E-state index >= 15 is 0 Å². The van der Waals surface area contributed by atoms with Crippen molar-refractivity contribution in [1.29, 1.82) is 0 Å². The van der Waals surface area contributed by atoms with Crippen LogP contribution in [0.2, 0.25) is 0 Å². The minimum absolute atomic E-state index is 0.223. The number of hydrogen-bond acceptors (Lipinski definition) is 5. The van der Waals surface area contributed by atoms with Crippen molar-refractivity contribution in [3.63, 3.8) is 0 Å². The van der Waals surface area contributed by atoms with E-state index in [9.17, 15) is 9.59 Å². The van der Waals surface area contributed by atoms with E-state index in [1.54, 1.807) is 6.92 Å². The van der Waals surface area contributed by atoms with Crippen LogP contribution in [0.25, 0.3) is 5.65 Å². The van der Waals surface area contributed by atoms with Crippen LogP contribution in [0.3, 0.4) is 0 Å². The molecule has 0 saturated heterocycles. The molecule has 0 atom stereocenters. The van der Waals surface area contributed by atoms with Gasteiger partial charge in [0.1, 0.15) is 5.69 Å². The number of H-pyrrole nitrogens is 1. The van der Waals surface area contributed by atoms with Crippen LogP contribution in [-0.4, -0.2) is 38.6 Å². The van der Waals surface area contributed by atoms with Gasteiger partial charge in [0.05, 0.1) is 19.2 Å². The van der Waals surface area contributed by atoms with Gasteiger partial charge < -0.3 is 15.0 Å². The number of rotatable bonds is 6. The Morgan fingerprint density at radius 3 is 2.85 bits per heavy atom. The lowest BCUT2D eigenvalue weighted by Crippen LogP contribution is -2.25. The van der Waals surface area contributed by atoms with Gasteiger partial charge in [0.15, 0.2) is 11.5 Å². The predicted molar refractivity (Wildman–Crippen MR) is 95.0 cm³/mol. The van der Waals surface area contributed by atoms with Crippen molar-refractivity contribution >= 4 is 17.5 Å². The first kappa shape index (κ1) is 17.7. The fourth-order valence-electron chi connectivity index (χ4n) is 3.01. The van der Waals surface area contributed by atoms with Crippen molar-refractivity contribution in [1.82, 2.24) is 24.9 Å². The van der Waals surface area contributed by atoms with E-state index in [2.05, 4.69) is 20.5 Å². The molecule has 0 unspecified atom stereocenters. The Hall–Kier alpha value is -3.16. The van der Waals surface area contributed by atoms with Gasteiger partial charge in [-0.3, -0.25) is 9.20 Å². The fourth-order valence-corrected chi connectivity index (χ4v) is 3.01. The monoisotopic (exact) mass is 355 g/mol. The molecule has 3 rings (SSSR count). The van der Waals surface area contributed by atoms with Gasteiger partial charge in [-0.25, -0.2) is 4.79 Å². The van der Waals surface area contributed by atoms with Crippen LogP contribution in [-0.2, 0) is 17.7 Å². The summed E-state index contributed by atoms with van der Waals surface area (Å²) in [5, 5.41) is 11.0. The highest BCUT2D eigenvalue weighted by atomic mass is 16.5. The highest BCUT2D eigenvalue weighted by Gasteiger charge is 2.24. The van der Waals surface area contributed by atoms with E-state index in [0.717, 1.165) is 6.42 Å². The Bertz CT molecular complexity index is 957. The number of amides is 1. The lowest BCUT2D eigenvalue weighted by Gasteiger charge is -2.07. The molecule has 136 valence electrons. The first-order valence-corrected chi connectivity index (χ1v) is 8.43. The van der Waals surface area contributed by atoms with Crippen molar-refractivity contribution in [3.05, 3.63) is 52.7 Å². The molecule has 3 aromatic heterocycles. The molecule has 0 aliphatic carbocycles. The first-order chi connectivity index (χ1) is 12.6. The van der Waals surface area contributed by atoms with E-state index in [1.807, 2.05) is 35.7 Å². The second-order valence-electron chi connectivity index (χ2n) is 5.95. The number of carbonyl (C=O) groups is 2. The molecule has 0 fully saturated rings. The quantitative estimate of drug-likeness (QED) is 0.659. The van der Waals surface area contributed by atoms with Crippen LogP contribution in [0, 0.1) is 6.92 Å². The van der Waals surface area contributed by atoms with Gasteiger partial charge in [0.2, 0.25) is 0 Å². The van der Waals surface area contributed by atoms with Crippen molar-refractivity contribution in [3.8, 4) is 0 Å². The standard InChI is InChI=1S/C18H21N5O3/c1-4-7-12-15(18(25)26-3)11(2)20-16(12)17(24)19-10-14-22-21-13-8-5-6-9-23(13)14/h5-6,8-9,20H,4,7,10H2,1-3H3,(H,19,24). The minimum atomic E-state index is -0.440. The van der Waals surface area contributed by atoms with Crippen LogP contribution in [0.4, 0.5) is 0 Å². The summed E-state index contributed by atoms with van der Waals surface area (Å²) in [6, 6.07) is 5.59. The van der Waals surface area contributed by atoms with Gasteiger partial charge in [0.25, 0.3) is 5.91 Å². The number of pyridine rings is 1. The number of methoxy groups -OCH3 is 1. The van der Waals surface area contributed by atoms with Crippen molar-refractivity contribution in [2.24, 2.45) is 0 Å². The van der Waals surface area contributed by atoms with Gasteiger partial charge in [-0.2, -0.15) is 0 Å². The number of aryl methyl sites for hydroxylation is 1. The van der Waals surface area contributed by atoms with Gasteiger partial charge in [-0.15, -0.1) is 10.2 Å². The molecular formula is C18H21N5O3. The summed E-state index contributed by atoms with van der Waals surface area (Å²) < 4.78 is 6.66. The highest BCUT2D eigenvalue weighted by molar-refractivity contribution is 6.00. The number of nitrogens with zero attached hydrogens (tertiary/aromatic N) is 3. The molecular weight excluding hydrogens is 334 g/mol. The zero-order valence-electron chi connectivity index (χ0n) is 15.0. The van der Waals surface area contributed by atoms with Crippen molar-refractivity contribution in [2.45, 2.75) is 33.2 Å². The summed E-state index contributed by atoms with van der Waals surface area (Å²) in [6.07, 6.45) is 3.25. The molecule has 0 radical (unpaired) electrons. The van der Waals surface area contributed by atoms with Crippen LogP contribution in [0.15, 0.2) is 24.4 Å². The van der Waals surface area contributed by atoms with E-state index < -0.39 is 5.97 Å². The minimum Gasteiger partial charge on any atom is -0.465 e. The van der Waals surface area contributed by atoms with Gasteiger partial charge in [0, 0.05) is 11.9 Å². The number of hydrogen-bond donors (Lipinski definition) is 2. The lowest BCUT2D eigenvalue weighted by molar-refractivity contribution is 0.0599. The Kier molecular flexibility index (Phi) is 5.01. The molecule has 3 heterocycles. The largest absolute Gasteiger partial charge is 0.465 e. The summed E-state index contributed by atoms with van der Waals surface area (Å²) in [5.41, 5.74) is 2.84. The summed E-state index contributed by atoms with van der Waals surface area (Å²) in [7, 11) is 1.33. The number of ether oxygens (including phenoxy) is 1. The molecule has 8 nitrogen and oxygen atoms in total. The third-order valence-corrected chi connectivity index (χ3v) is 4.20. The molecule has 26 heavy (non-hydrogen) atoms. The van der Waals surface area contributed by atoms with Crippen LogP contribution in [0.1, 0.15) is 51.3 Å². The predicted octanol–water partition coefficient (Wildman–Crippen LogP) is 2.03. The summed E-state index contributed by atoms with van der Waals surface area (Å²) in [4.78, 5) is 27.8. The van der Waals surface area contributed by atoms with Gasteiger partial charge >= 0.3 is 5.97 Å². The normalized spacial score (nSPS) is 10.9. The maximum absolute atomic E-state index is 12.7. The number of aromatic amines is 1. The fraction of sp³-hybridized carbons (Fsp3) is 0.333. The maximum Gasteiger partial charge on any atom is 0.339 e. The third kappa shape index (κ3) is 3.17. The molecule has 0 aliphatic heterocycles. The topological polar surface area (TPSA) is 101 Å². The highest BCUT2D eigenvalue weighted by Crippen LogP contribution is 2.22. The zero-order valence-corrected chi connectivity index (χ0v) is 15.0. The lowest BCUT2D eigenvalue weighted by atomic mass is 10.0. The molecule has 3 aromatic rings. The summed E-state index contributed by atoms with van der Waals surface area (Å²) in [6.45, 7) is 3.98. The molecule has 1 amide bonds. The Balaban J connectivity index is 1.84. The number of aromatic nitrogens is 4. The number of carbonyl (C=O) groups excluding carboxylic acids is 2. The van der Waals surface area contributed by atoms with Crippen LogP contribution < -0.4 is 5.32 Å². The third-order valence-electron chi connectivity index (χ3n) is 4.20. The molecule has 0 bridgehead atoms. The Labute approximate surface area is 150 Å². The second kappa shape index (κ2) is 7.38. The Morgan fingerprint density at radius 2 is 2.12 bits per heavy atom. The molecule has 0 saturated carbocycles. The molecule has 0 aliphatic rings. The maximum atomic E-state index is 12.7. The van der Waals surface area contributed by atoms with E-state index in [4.69, 9.17) is 4.74 Å². The summed E-state index contributed by atoms with van der Waals surface area (Å²) in [5.74, 6) is -0.105. The van der Waals surface area contributed by atoms with Crippen molar-refractivity contribution < 1.29 is 14.3 Å². The van der Waals surface area contributed by atoms with Crippen LogP contribution in [0.5, 0.6) is 0 Å².